The lowest BCUT2D eigenvalue weighted by atomic mass is 9.98. The highest BCUT2D eigenvalue weighted by Crippen LogP contribution is 2.24. The molecule has 146 valence electrons. The highest BCUT2D eigenvalue weighted by atomic mass is 35.5. The minimum atomic E-state index is -3.77. The molecule has 1 aromatic heterocycles. The van der Waals surface area contributed by atoms with Gasteiger partial charge in [-0.3, -0.25) is 4.79 Å². The fraction of sp³-hybridized carbons (Fsp3) is 0.412. The Morgan fingerprint density at radius 3 is 3.00 bits per heavy atom. The molecule has 27 heavy (non-hydrogen) atoms. The molecule has 1 unspecified atom stereocenters. The van der Waals surface area contributed by atoms with Gasteiger partial charge in [-0.25, -0.2) is 18.1 Å². The molecular formula is C17H21ClN4O3S2. The number of piperidine rings is 1. The van der Waals surface area contributed by atoms with Crippen LogP contribution >= 0.6 is 22.9 Å². The maximum atomic E-state index is 12.2. The van der Waals surface area contributed by atoms with Crippen molar-refractivity contribution in [2.45, 2.75) is 17.7 Å². The van der Waals surface area contributed by atoms with Crippen LogP contribution in [0.2, 0.25) is 5.02 Å². The lowest BCUT2D eigenvalue weighted by molar-refractivity contribution is -0.120. The third kappa shape index (κ3) is 5.65. The molecule has 0 saturated carbocycles. The Balaban J connectivity index is 1.45. The molecule has 0 spiro atoms. The predicted octanol–water partition coefficient (Wildman–Crippen LogP) is 2.11. The molecule has 7 nitrogen and oxygen atoms in total. The first-order chi connectivity index (χ1) is 12.9. The van der Waals surface area contributed by atoms with E-state index in [9.17, 15) is 13.2 Å². The first-order valence-corrected chi connectivity index (χ1v) is 11.3. The molecule has 2 aromatic rings. The molecule has 1 aliphatic heterocycles. The van der Waals surface area contributed by atoms with Gasteiger partial charge in [0.1, 0.15) is 0 Å². The average molecular weight is 429 g/mol. The molecule has 2 heterocycles. The highest BCUT2D eigenvalue weighted by molar-refractivity contribution is 7.89. The predicted molar refractivity (Wildman–Crippen MR) is 107 cm³/mol. The SMILES string of the molecule is O=C(CNS(=O)(=O)c1cccc(Cl)c1)NCC1CCCN(c2nccs2)C1. The summed E-state index contributed by atoms with van der Waals surface area (Å²) in [6.45, 7) is 2.01. The van der Waals surface area contributed by atoms with Crippen LogP contribution in [0.15, 0.2) is 40.7 Å². The quantitative estimate of drug-likeness (QED) is 0.704. The number of carbonyl (C=O) groups excluding carboxylic acids is 1. The van der Waals surface area contributed by atoms with Crippen molar-refractivity contribution in [2.24, 2.45) is 5.92 Å². The molecule has 0 aliphatic carbocycles. The van der Waals surface area contributed by atoms with E-state index >= 15 is 0 Å². The summed E-state index contributed by atoms with van der Waals surface area (Å²) in [6, 6.07) is 5.92. The number of carbonyl (C=O) groups is 1. The van der Waals surface area contributed by atoms with Gasteiger partial charge in [0.05, 0.1) is 11.4 Å². The second-order valence-electron chi connectivity index (χ2n) is 6.35. The van der Waals surface area contributed by atoms with Crippen LogP contribution in [0.1, 0.15) is 12.8 Å². The first-order valence-electron chi connectivity index (χ1n) is 8.60. The van der Waals surface area contributed by atoms with E-state index in [0.717, 1.165) is 31.1 Å². The zero-order valence-corrected chi connectivity index (χ0v) is 17.0. The van der Waals surface area contributed by atoms with E-state index < -0.39 is 10.0 Å². The van der Waals surface area contributed by atoms with E-state index in [-0.39, 0.29) is 17.3 Å². The summed E-state index contributed by atoms with van der Waals surface area (Å²) in [5.41, 5.74) is 0. The second kappa shape index (κ2) is 9.01. The van der Waals surface area contributed by atoms with Crippen LogP contribution in [0.5, 0.6) is 0 Å². The van der Waals surface area contributed by atoms with Gasteiger partial charge in [-0.15, -0.1) is 11.3 Å². The molecule has 1 amide bonds. The summed E-state index contributed by atoms with van der Waals surface area (Å²) in [7, 11) is -3.77. The third-order valence-corrected chi connectivity index (χ3v) is 6.79. The largest absolute Gasteiger partial charge is 0.355 e. The molecule has 1 atom stereocenters. The van der Waals surface area contributed by atoms with Gasteiger partial charge < -0.3 is 10.2 Å². The van der Waals surface area contributed by atoms with E-state index in [1.54, 1.807) is 29.7 Å². The van der Waals surface area contributed by atoms with Gasteiger partial charge in [-0.2, -0.15) is 0 Å². The zero-order valence-electron chi connectivity index (χ0n) is 14.6. The fourth-order valence-corrected chi connectivity index (χ4v) is 4.94. The number of nitrogens with one attached hydrogen (secondary N) is 2. The van der Waals surface area contributed by atoms with Gasteiger partial charge in [0.15, 0.2) is 5.13 Å². The Morgan fingerprint density at radius 1 is 1.41 bits per heavy atom. The second-order valence-corrected chi connectivity index (χ2v) is 9.43. The third-order valence-electron chi connectivity index (χ3n) is 4.33. The summed E-state index contributed by atoms with van der Waals surface area (Å²) >= 11 is 7.43. The average Bonchev–Trinajstić information content (AvgIpc) is 3.20. The van der Waals surface area contributed by atoms with Crippen LogP contribution in [-0.2, 0) is 14.8 Å². The van der Waals surface area contributed by atoms with E-state index in [1.165, 1.54) is 12.1 Å². The van der Waals surface area contributed by atoms with Gasteiger partial charge in [0, 0.05) is 36.2 Å². The van der Waals surface area contributed by atoms with Crippen molar-refractivity contribution in [2.75, 3.05) is 31.1 Å². The number of benzene rings is 1. The molecule has 0 radical (unpaired) electrons. The van der Waals surface area contributed by atoms with Crippen molar-refractivity contribution in [1.29, 1.82) is 0 Å². The smallest absolute Gasteiger partial charge is 0.241 e. The monoisotopic (exact) mass is 428 g/mol. The number of aromatic nitrogens is 1. The molecule has 3 rings (SSSR count). The van der Waals surface area contributed by atoms with E-state index in [1.807, 2.05) is 5.38 Å². The molecule has 10 heteroatoms. The number of anilines is 1. The lowest BCUT2D eigenvalue weighted by Crippen LogP contribution is -2.43. The number of amides is 1. The first kappa shape index (κ1) is 20.1. The van der Waals surface area contributed by atoms with E-state index in [2.05, 4.69) is 19.9 Å². The van der Waals surface area contributed by atoms with Gasteiger partial charge in [0.25, 0.3) is 0 Å². The minimum Gasteiger partial charge on any atom is -0.355 e. The van der Waals surface area contributed by atoms with E-state index in [0.29, 0.717) is 17.5 Å². The number of hydrogen-bond acceptors (Lipinski definition) is 6. The molecule has 1 aliphatic rings. The number of halogens is 1. The van der Waals surface area contributed by atoms with Crippen molar-refractivity contribution in [3.05, 3.63) is 40.9 Å². The maximum absolute atomic E-state index is 12.2. The van der Waals surface area contributed by atoms with Crippen molar-refractivity contribution in [3.63, 3.8) is 0 Å². The summed E-state index contributed by atoms with van der Waals surface area (Å²) < 4.78 is 26.7. The standard InChI is InChI=1S/C17H21ClN4O3S2/c18-14-4-1-5-15(9-14)27(24,25)21-11-16(23)20-10-13-3-2-7-22(12-13)17-19-6-8-26-17/h1,4-6,8-9,13,21H,2-3,7,10-12H2,(H,20,23). The molecule has 1 aromatic carbocycles. The lowest BCUT2D eigenvalue weighted by Gasteiger charge is -2.32. The Labute approximate surface area is 167 Å². The van der Waals surface area contributed by atoms with E-state index in [4.69, 9.17) is 11.6 Å². The van der Waals surface area contributed by atoms with Gasteiger partial charge in [-0.05, 0) is 37.0 Å². The summed E-state index contributed by atoms with van der Waals surface area (Å²) in [4.78, 5) is 18.7. The molecule has 1 saturated heterocycles. The van der Waals surface area contributed by atoms with Crippen molar-refractivity contribution >= 4 is 44.0 Å². The van der Waals surface area contributed by atoms with Crippen LogP contribution < -0.4 is 14.9 Å². The Bertz CT molecular complexity index is 874. The molecule has 1 fully saturated rings. The number of thiazole rings is 1. The Hall–Kier alpha value is -1.68. The van der Waals surface area contributed by atoms with Gasteiger partial charge >= 0.3 is 0 Å². The topological polar surface area (TPSA) is 91.4 Å². The number of nitrogens with zero attached hydrogens (tertiary/aromatic N) is 2. The van der Waals surface area contributed by atoms with Gasteiger partial charge in [0.2, 0.25) is 15.9 Å². The van der Waals surface area contributed by atoms with Crippen molar-refractivity contribution < 1.29 is 13.2 Å². The highest BCUT2D eigenvalue weighted by Gasteiger charge is 2.22. The number of sulfonamides is 1. The van der Waals surface area contributed by atoms with Crippen molar-refractivity contribution in [3.8, 4) is 0 Å². The maximum Gasteiger partial charge on any atom is 0.241 e. The fourth-order valence-electron chi connectivity index (χ4n) is 2.98. The van der Waals surface area contributed by atoms with Crippen LogP contribution in [0.25, 0.3) is 0 Å². The Kier molecular flexibility index (Phi) is 6.69. The van der Waals surface area contributed by atoms with Crippen molar-refractivity contribution in [1.82, 2.24) is 15.0 Å². The molecule has 2 N–H and O–H groups in total. The van der Waals surface area contributed by atoms with Crippen LogP contribution in [-0.4, -0.2) is 45.5 Å². The van der Waals surface area contributed by atoms with Crippen LogP contribution in [0, 0.1) is 5.92 Å². The zero-order chi connectivity index (χ0) is 19.3. The molecular weight excluding hydrogens is 408 g/mol. The number of hydrogen-bond donors (Lipinski definition) is 2. The summed E-state index contributed by atoms with van der Waals surface area (Å²) in [6.07, 6.45) is 3.86. The summed E-state index contributed by atoms with van der Waals surface area (Å²) in [5, 5.41) is 6.09. The Morgan fingerprint density at radius 2 is 2.26 bits per heavy atom. The van der Waals surface area contributed by atoms with Crippen LogP contribution in [0.3, 0.4) is 0 Å². The number of rotatable bonds is 7. The van der Waals surface area contributed by atoms with Gasteiger partial charge in [-0.1, -0.05) is 17.7 Å². The minimum absolute atomic E-state index is 0.0363. The van der Waals surface area contributed by atoms with Crippen LogP contribution in [0.4, 0.5) is 5.13 Å². The summed E-state index contributed by atoms with van der Waals surface area (Å²) in [5.74, 6) is -0.0388. The normalized spacial score (nSPS) is 17.7. The molecule has 0 bridgehead atoms.